The van der Waals surface area contributed by atoms with E-state index in [9.17, 15) is 14.5 Å². The molecular formula is C21H28FN7O2. The second-order valence-electron chi connectivity index (χ2n) is 8.20. The molecule has 0 spiro atoms. The van der Waals surface area contributed by atoms with E-state index in [4.69, 9.17) is 5.73 Å². The van der Waals surface area contributed by atoms with Crippen LogP contribution in [0.1, 0.15) is 12.8 Å². The Morgan fingerprint density at radius 1 is 1.10 bits per heavy atom. The molecule has 2 saturated heterocycles. The molecule has 1 aromatic carbocycles. The predicted octanol–water partition coefficient (Wildman–Crippen LogP) is 2.55. The number of nitro groups is 1. The van der Waals surface area contributed by atoms with Crippen LogP contribution in [0.15, 0.2) is 30.3 Å². The first-order valence-electron chi connectivity index (χ1n) is 10.6. The topological polar surface area (TPSA) is 104 Å². The van der Waals surface area contributed by atoms with E-state index in [2.05, 4.69) is 27.1 Å². The Morgan fingerprint density at radius 3 is 2.45 bits per heavy atom. The van der Waals surface area contributed by atoms with Crippen molar-refractivity contribution in [3.63, 3.8) is 0 Å². The SMILES string of the molecule is CN1CCN(c2ccc([N+](=O)[O-])c(Nc3ccc(N4CCC(N)CC4)c(F)c3)n2)CC1. The molecule has 4 rings (SSSR count). The molecule has 166 valence electrons. The molecule has 9 nitrogen and oxygen atoms in total. The summed E-state index contributed by atoms with van der Waals surface area (Å²) in [6, 6.07) is 8.06. The Labute approximate surface area is 180 Å². The van der Waals surface area contributed by atoms with Crippen molar-refractivity contribution in [2.24, 2.45) is 5.73 Å². The molecular weight excluding hydrogens is 401 g/mol. The molecule has 3 N–H and O–H groups in total. The number of hydrogen-bond donors (Lipinski definition) is 2. The molecule has 0 unspecified atom stereocenters. The van der Waals surface area contributed by atoms with Gasteiger partial charge < -0.3 is 25.8 Å². The van der Waals surface area contributed by atoms with Gasteiger partial charge in [0.25, 0.3) is 0 Å². The van der Waals surface area contributed by atoms with Crippen LogP contribution in [0.3, 0.4) is 0 Å². The summed E-state index contributed by atoms with van der Waals surface area (Å²) in [4.78, 5) is 21.8. The van der Waals surface area contributed by atoms with E-state index in [0.717, 1.165) is 39.0 Å². The summed E-state index contributed by atoms with van der Waals surface area (Å²) in [5.41, 5.74) is 6.73. The molecule has 2 fully saturated rings. The van der Waals surface area contributed by atoms with Gasteiger partial charge in [0.05, 0.1) is 10.6 Å². The summed E-state index contributed by atoms with van der Waals surface area (Å²) in [6.07, 6.45) is 1.66. The van der Waals surface area contributed by atoms with Crippen LogP contribution in [0.5, 0.6) is 0 Å². The minimum Gasteiger partial charge on any atom is -0.369 e. The molecule has 3 heterocycles. The van der Waals surface area contributed by atoms with Crippen molar-refractivity contribution in [3.05, 3.63) is 46.3 Å². The maximum Gasteiger partial charge on any atom is 0.311 e. The highest BCUT2D eigenvalue weighted by Crippen LogP contribution is 2.31. The number of hydrogen-bond acceptors (Lipinski definition) is 8. The van der Waals surface area contributed by atoms with Crippen LogP contribution < -0.4 is 20.9 Å². The minimum absolute atomic E-state index is 0.109. The van der Waals surface area contributed by atoms with Crippen molar-refractivity contribution in [3.8, 4) is 0 Å². The molecule has 2 aromatic rings. The Kier molecular flexibility index (Phi) is 6.19. The van der Waals surface area contributed by atoms with Crippen LogP contribution in [0.2, 0.25) is 0 Å². The number of halogens is 1. The molecule has 10 heteroatoms. The van der Waals surface area contributed by atoms with Crippen molar-refractivity contribution in [2.75, 3.05) is 61.4 Å². The van der Waals surface area contributed by atoms with Gasteiger partial charge in [-0.2, -0.15) is 0 Å². The first-order valence-corrected chi connectivity index (χ1v) is 10.6. The monoisotopic (exact) mass is 429 g/mol. The number of likely N-dealkylation sites (N-methyl/N-ethyl adjacent to an activating group) is 1. The lowest BCUT2D eigenvalue weighted by Gasteiger charge is -2.33. The summed E-state index contributed by atoms with van der Waals surface area (Å²) < 4.78 is 14.8. The molecule has 0 saturated carbocycles. The standard InChI is InChI=1S/C21H28FN7O2/c1-26-10-12-28(13-11-26)20-5-4-19(29(30)31)21(25-20)24-16-2-3-18(17(22)14-16)27-8-6-15(23)7-9-27/h2-5,14-15H,6-13,23H2,1H3,(H,24,25). The van der Waals surface area contributed by atoms with E-state index < -0.39 is 4.92 Å². The van der Waals surface area contributed by atoms with Crippen LogP contribution in [0.25, 0.3) is 0 Å². The van der Waals surface area contributed by atoms with Gasteiger partial charge in [0, 0.05) is 57.1 Å². The zero-order valence-electron chi connectivity index (χ0n) is 17.6. The van der Waals surface area contributed by atoms with Crippen LogP contribution in [0, 0.1) is 15.9 Å². The van der Waals surface area contributed by atoms with E-state index in [1.54, 1.807) is 18.2 Å². The van der Waals surface area contributed by atoms with Gasteiger partial charge in [-0.05, 0) is 44.2 Å². The first kappa shape index (κ1) is 21.3. The number of anilines is 4. The third-order valence-electron chi connectivity index (χ3n) is 5.97. The average molecular weight is 430 g/mol. The maximum atomic E-state index is 14.8. The van der Waals surface area contributed by atoms with E-state index in [-0.39, 0.29) is 23.4 Å². The number of nitrogens with one attached hydrogen (secondary N) is 1. The second kappa shape index (κ2) is 9.03. The van der Waals surface area contributed by atoms with Gasteiger partial charge in [0.15, 0.2) is 0 Å². The fraction of sp³-hybridized carbons (Fsp3) is 0.476. The van der Waals surface area contributed by atoms with Crippen molar-refractivity contribution in [2.45, 2.75) is 18.9 Å². The molecule has 31 heavy (non-hydrogen) atoms. The van der Waals surface area contributed by atoms with Gasteiger partial charge in [0.2, 0.25) is 5.82 Å². The van der Waals surface area contributed by atoms with Crippen LogP contribution in [-0.4, -0.2) is 67.2 Å². The van der Waals surface area contributed by atoms with Gasteiger partial charge in [-0.25, -0.2) is 9.37 Å². The molecule has 0 bridgehead atoms. The quantitative estimate of drug-likeness (QED) is 0.552. The molecule has 0 radical (unpaired) electrons. The number of aromatic nitrogens is 1. The lowest BCUT2D eigenvalue weighted by molar-refractivity contribution is -0.384. The van der Waals surface area contributed by atoms with Crippen LogP contribution in [0.4, 0.5) is 33.1 Å². The Bertz CT molecular complexity index is 941. The Morgan fingerprint density at radius 2 is 1.81 bits per heavy atom. The lowest BCUT2D eigenvalue weighted by atomic mass is 10.1. The van der Waals surface area contributed by atoms with Crippen molar-refractivity contribution < 1.29 is 9.31 Å². The summed E-state index contributed by atoms with van der Waals surface area (Å²) in [7, 11) is 2.06. The predicted molar refractivity (Wildman–Crippen MR) is 120 cm³/mol. The largest absolute Gasteiger partial charge is 0.369 e. The van der Waals surface area contributed by atoms with Crippen LogP contribution in [-0.2, 0) is 0 Å². The van der Waals surface area contributed by atoms with Gasteiger partial charge >= 0.3 is 5.69 Å². The smallest absolute Gasteiger partial charge is 0.311 e. The minimum atomic E-state index is -0.481. The number of benzene rings is 1. The molecule has 2 aliphatic rings. The summed E-state index contributed by atoms with van der Waals surface area (Å²) in [5, 5.41) is 14.5. The Balaban J connectivity index is 1.55. The third kappa shape index (κ3) is 4.86. The fourth-order valence-corrected chi connectivity index (χ4v) is 4.01. The number of nitrogens with two attached hydrogens (primary N) is 1. The number of piperazine rings is 1. The maximum absolute atomic E-state index is 14.8. The van der Waals surface area contributed by atoms with E-state index in [0.29, 0.717) is 30.3 Å². The normalized spacial score (nSPS) is 18.3. The lowest BCUT2D eigenvalue weighted by Crippen LogP contribution is -2.44. The molecule has 0 atom stereocenters. The Hall–Kier alpha value is -2.98. The van der Waals surface area contributed by atoms with Gasteiger partial charge in [-0.3, -0.25) is 10.1 Å². The van der Waals surface area contributed by atoms with Gasteiger partial charge in [-0.1, -0.05) is 0 Å². The van der Waals surface area contributed by atoms with Crippen LogP contribution >= 0.6 is 0 Å². The molecule has 0 amide bonds. The third-order valence-corrected chi connectivity index (χ3v) is 5.97. The van der Waals surface area contributed by atoms with Gasteiger partial charge in [-0.15, -0.1) is 0 Å². The van der Waals surface area contributed by atoms with E-state index in [1.165, 1.54) is 12.1 Å². The van der Waals surface area contributed by atoms with Gasteiger partial charge in [0.1, 0.15) is 11.6 Å². The fourth-order valence-electron chi connectivity index (χ4n) is 4.01. The number of nitrogens with zero attached hydrogens (tertiary/aromatic N) is 5. The highest BCUT2D eigenvalue weighted by Gasteiger charge is 2.22. The first-order chi connectivity index (χ1) is 14.9. The molecule has 1 aromatic heterocycles. The second-order valence-corrected chi connectivity index (χ2v) is 8.20. The summed E-state index contributed by atoms with van der Waals surface area (Å²) >= 11 is 0. The van der Waals surface area contributed by atoms with Crippen molar-refractivity contribution >= 4 is 28.7 Å². The highest BCUT2D eigenvalue weighted by atomic mass is 19.1. The average Bonchev–Trinajstić information content (AvgIpc) is 2.75. The molecule has 0 aliphatic carbocycles. The number of pyridine rings is 1. The van der Waals surface area contributed by atoms with E-state index >= 15 is 0 Å². The summed E-state index contributed by atoms with van der Waals surface area (Å²) in [6.45, 7) is 4.81. The van der Waals surface area contributed by atoms with E-state index in [1.807, 2.05) is 4.90 Å². The zero-order valence-corrected chi connectivity index (χ0v) is 17.6. The number of rotatable bonds is 5. The molecule has 2 aliphatic heterocycles. The number of piperidine rings is 1. The van der Waals surface area contributed by atoms with Crippen molar-refractivity contribution in [1.29, 1.82) is 0 Å². The summed E-state index contributed by atoms with van der Waals surface area (Å²) in [5.74, 6) is 0.402. The highest BCUT2D eigenvalue weighted by molar-refractivity contribution is 5.69. The van der Waals surface area contributed by atoms with Crippen molar-refractivity contribution in [1.82, 2.24) is 9.88 Å². The zero-order chi connectivity index (χ0) is 22.0.